The minimum atomic E-state index is 0.402. The fourth-order valence-corrected chi connectivity index (χ4v) is 1.82. The molecule has 1 heterocycles. The molecule has 1 atom stereocenters. The second-order valence-corrected chi connectivity index (χ2v) is 4.09. The molecule has 1 fully saturated rings. The molecule has 0 spiro atoms. The number of hydrogen-bond donors (Lipinski definition) is 2. The van der Waals surface area contributed by atoms with Crippen LogP contribution in [0.1, 0.15) is 39.5 Å². The van der Waals surface area contributed by atoms with Crippen LogP contribution in [0, 0.1) is 0 Å². The number of rotatable bonds is 3. The van der Waals surface area contributed by atoms with Gasteiger partial charge >= 0.3 is 0 Å². The van der Waals surface area contributed by atoms with Gasteiger partial charge < -0.3 is 10.6 Å². The van der Waals surface area contributed by atoms with Crippen LogP contribution in [-0.2, 0) is 0 Å². The summed E-state index contributed by atoms with van der Waals surface area (Å²) in [6.07, 6.45) is 5.14. The molecule has 0 aromatic rings. The lowest BCUT2D eigenvalue weighted by Gasteiger charge is -2.29. The first kappa shape index (κ1) is 10.0. The highest BCUT2D eigenvalue weighted by Gasteiger charge is 2.23. The summed E-state index contributed by atoms with van der Waals surface area (Å²) in [6.45, 7) is 8.12. The topological polar surface area (TPSA) is 24.1 Å². The molecule has 1 saturated heterocycles. The molecule has 1 aliphatic rings. The van der Waals surface area contributed by atoms with E-state index >= 15 is 0 Å². The molecule has 0 radical (unpaired) electrons. The summed E-state index contributed by atoms with van der Waals surface area (Å²) in [7, 11) is 0. The standard InChI is InChI=1S/C10H22N2/c1-3-7-12-10(2)5-4-8-11-9-6-10/h11-12H,3-9H2,1-2H3. The van der Waals surface area contributed by atoms with Crippen LogP contribution in [0.3, 0.4) is 0 Å². The molecule has 0 bridgehead atoms. The van der Waals surface area contributed by atoms with Gasteiger partial charge in [-0.25, -0.2) is 0 Å². The largest absolute Gasteiger partial charge is 0.317 e. The molecule has 0 aliphatic carbocycles. The Morgan fingerprint density at radius 1 is 1.33 bits per heavy atom. The molecule has 1 unspecified atom stereocenters. The quantitative estimate of drug-likeness (QED) is 0.671. The molecule has 72 valence electrons. The van der Waals surface area contributed by atoms with Crippen molar-refractivity contribution in [1.29, 1.82) is 0 Å². The van der Waals surface area contributed by atoms with E-state index in [9.17, 15) is 0 Å². The van der Waals surface area contributed by atoms with Crippen molar-refractivity contribution in [3.05, 3.63) is 0 Å². The highest BCUT2D eigenvalue weighted by molar-refractivity contribution is 4.85. The normalized spacial score (nSPS) is 31.5. The Morgan fingerprint density at radius 2 is 2.17 bits per heavy atom. The van der Waals surface area contributed by atoms with E-state index < -0.39 is 0 Å². The Bertz CT molecular complexity index is 115. The van der Waals surface area contributed by atoms with E-state index in [0.717, 1.165) is 6.54 Å². The third-order valence-corrected chi connectivity index (χ3v) is 2.74. The van der Waals surface area contributed by atoms with Gasteiger partial charge in [0.15, 0.2) is 0 Å². The van der Waals surface area contributed by atoms with Crippen LogP contribution in [-0.4, -0.2) is 25.2 Å². The summed E-state index contributed by atoms with van der Waals surface area (Å²) in [5.74, 6) is 0. The van der Waals surface area contributed by atoms with Crippen LogP contribution in [0.4, 0.5) is 0 Å². The Kier molecular flexibility index (Phi) is 4.02. The first-order valence-corrected chi connectivity index (χ1v) is 5.22. The van der Waals surface area contributed by atoms with Gasteiger partial charge in [0.1, 0.15) is 0 Å². The Morgan fingerprint density at radius 3 is 2.92 bits per heavy atom. The Balaban J connectivity index is 2.32. The van der Waals surface area contributed by atoms with Gasteiger partial charge in [-0.05, 0) is 52.2 Å². The minimum absolute atomic E-state index is 0.402. The lowest BCUT2D eigenvalue weighted by Crippen LogP contribution is -2.43. The summed E-state index contributed by atoms with van der Waals surface area (Å²) in [4.78, 5) is 0. The van der Waals surface area contributed by atoms with E-state index in [-0.39, 0.29) is 0 Å². The van der Waals surface area contributed by atoms with Crippen LogP contribution in [0.5, 0.6) is 0 Å². The van der Waals surface area contributed by atoms with Gasteiger partial charge in [0.05, 0.1) is 0 Å². The molecule has 0 aromatic heterocycles. The lowest BCUT2D eigenvalue weighted by atomic mass is 9.93. The zero-order chi connectivity index (χ0) is 8.86. The summed E-state index contributed by atoms with van der Waals surface area (Å²) in [5, 5.41) is 7.09. The van der Waals surface area contributed by atoms with Crippen molar-refractivity contribution < 1.29 is 0 Å². The van der Waals surface area contributed by atoms with Crippen molar-refractivity contribution >= 4 is 0 Å². The third kappa shape index (κ3) is 3.11. The molecular formula is C10H22N2. The van der Waals surface area contributed by atoms with Gasteiger partial charge in [0, 0.05) is 5.54 Å². The van der Waals surface area contributed by atoms with Crippen molar-refractivity contribution in [2.24, 2.45) is 0 Å². The van der Waals surface area contributed by atoms with E-state index in [1.54, 1.807) is 0 Å². The summed E-state index contributed by atoms with van der Waals surface area (Å²) >= 11 is 0. The molecule has 1 rings (SSSR count). The molecule has 2 heteroatoms. The lowest BCUT2D eigenvalue weighted by molar-refractivity contribution is 0.321. The second-order valence-electron chi connectivity index (χ2n) is 4.09. The average molecular weight is 170 g/mol. The smallest absolute Gasteiger partial charge is 0.0165 e. The summed E-state index contributed by atoms with van der Waals surface area (Å²) in [6, 6.07) is 0. The summed E-state index contributed by atoms with van der Waals surface area (Å²) < 4.78 is 0. The van der Waals surface area contributed by atoms with Crippen molar-refractivity contribution in [1.82, 2.24) is 10.6 Å². The Hall–Kier alpha value is -0.0800. The van der Waals surface area contributed by atoms with Gasteiger partial charge in [0.2, 0.25) is 0 Å². The van der Waals surface area contributed by atoms with E-state index in [0.29, 0.717) is 5.54 Å². The van der Waals surface area contributed by atoms with Gasteiger partial charge in [-0.1, -0.05) is 6.92 Å². The van der Waals surface area contributed by atoms with Crippen molar-refractivity contribution in [2.45, 2.75) is 45.1 Å². The molecular weight excluding hydrogens is 148 g/mol. The van der Waals surface area contributed by atoms with Gasteiger partial charge in [0.25, 0.3) is 0 Å². The van der Waals surface area contributed by atoms with Crippen LogP contribution in [0.15, 0.2) is 0 Å². The van der Waals surface area contributed by atoms with Crippen LogP contribution < -0.4 is 10.6 Å². The van der Waals surface area contributed by atoms with Crippen LogP contribution in [0.25, 0.3) is 0 Å². The van der Waals surface area contributed by atoms with Crippen LogP contribution >= 0.6 is 0 Å². The van der Waals surface area contributed by atoms with E-state index in [4.69, 9.17) is 0 Å². The molecule has 0 saturated carbocycles. The molecule has 2 N–H and O–H groups in total. The van der Waals surface area contributed by atoms with E-state index in [1.165, 1.54) is 38.8 Å². The first-order chi connectivity index (χ1) is 5.77. The van der Waals surface area contributed by atoms with E-state index in [1.807, 2.05) is 0 Å². The molecule has 0 amide bonds. The zero-order valence-electron chi connectivity index (χ0n) is 8.45. The van der Waals surface area contributed by atoms with Crippen molar-refractivity contribution in [3.8, 4) is 0 Å². The monoisotopic (exact) mass is 170 g/mol. The minimum Gasteiger partial charge on any atom is -0.317 e. The maximum absolute atomic E-state index is 3.65. The third-order valence-electron chi connectivity index (χ3n) is 2.74. The second kappa shape index (κ2) is 4.83. The fourth-order valence-electron chi connectivity index (χ4n) is 1.82. The highest BCUT2D eigenvalue weighted by Crippen LogP contribution is 2.18. The van der Waals surface area contributed by atoms with Crippen LogP contribution in [0.2, 0.25) is 0 Å². The van der Waals surface area contributed by atoms with E-state index in [2.05, 4.69) is 24.5 Å². The predicted octanol–water partition coefficient (Wildman–Crippen LogP) is 1.52. The predicted molar refractivity (Wildman–Crippen MR) is 53.4 cm³/mol. The zero-order valence-corrected chi connectivity index (χ0v) is 8.45. The molecule has 0 aromatic carbocycles. The maximum Gasteiger partial charge on any atom is 0.0165 e. The molecule has 2 nitrogen and oxygen atoms in total. The Labute approximate surface area is 76.1 Å². The number of nitrogens with one attached hydrogen (secondary N) is 2. The molecule has 1 aliphatic heterocycles. The van der Waals surface area contributed by atoms with Gasteiger partial charge in [-0.15, -0.1) is 0 Å². The molecule has 12 heavy (non-hydrogen) atoms. The van der Waals surface area contributed by atoms with Crippen molar-refractivity contribution in [2.75, 3.05) is 19.6 Å². The number of hydrogen-bond acceptors (Lipinski definition) is 2. The highest BCUT2D eigenvalue weighted by atomic mass is 15.0. The van der Waals surface area contributed by atoms with Gasteiger partial charge in [-0.3, -0.25) is 0 Å². The SMILES string of the molecule is CCCNC1(C)CCCNCC1. The fraction of sp³-hybridized carbons (Fsp3) is 1.00. The average Bonchev–Trinajstić information content (AvgIpc) is 2.27. The summed E-state index contributed by atoms with van der Waals surface area (Å²) in [5.41, 5.74) is 0.402. The van der Waals surface area contributed by atoms with Crippen molar-refractivity contribution in [3.63, 3.8) is 0 Å². The first-order valence-electron chi connectivity index (χ1n) is 5.22. The van der Waals surface area contributed by atoms with Gasteiger partial charge in [-0.2, -0.15) is 0 Å². The maximum atomic E-state index is 3.65.